The summed E-state index contributed by atoms with van der Waals surface area (Å²) in [5, 5.41) is 14.0. The molecule has 3 N–H and O–H groups in total. The molecule has 0 saturated carbocycles. The summed E-state index contributed by atoms with van der Waals surface area (Å²) < 4.78 is 0. The van der Waals surface area contributed by atoms with Crippen LogP contribution in [0.25, 0.3) is 0 Å². The minimum atomic E-state index is -1.05. The molecular weight excluding hydrogens is 260 g/mol. The summed E-state index contributed by atoms with van der Waals surface area (Å²) in [7, 11) is 0. The van der Waals surface area contributed by atoms with Gasteiger partial charge in [-0.15, -0.1) is 0 Å². The lowest BCUT2D eigenvalue weighted by atomic mass is 10.1. The zero-order valence-electron chi connectivity index (χ0n) is 11.5. The number of carboxylic acid groups (broad SMARTS) is 1. The van der Waals surface area contributed by atoms with E-state index in [9.17, 15) is 14.4 Å². The van der Waals surface area contributed by atoms with Crippen molar-refractivity contribution >= 4 is 17.8 Å². The Balaban J connectivity index is 2.65. The largest absolute Gasteiger partial charge is 0.480 e. The second-order valence-electron chi connectivity index (χ2n) is 4.38. The summed E-state index contributed by atoms with van der Waals surface area (Å²) in [6.07, 6.45) is 0.321. The first kappa shape index (κ1) is 15.7. The molecule has 0 aromatic heterocycles. The highest BCUT2D eigenvalue weighted by atomic mass is 16.4. The molecule has 0 aliphatic rings. The number of amides is 2. The van der Waals surface area contributed by atoms with Crippen LogP contribution in [0, 0.1) is 0 Å². The van der Waals surface area contributed by atoms with E-state index in [0.29, 0.717) is 18.5 Å². The van der Waals surface area contributed by atoms with Gasteiger partial charge < -0.3 is 15.7 Å². The quantitative estimate of drug-likeness (QED) is 0.721. The predicted molar refractivity (Wildman–Crippen MR) is 73.1 cm³/mol. The fraction of sp³-hybridized carbons (Fsp3) is 0.357. The van der Waals surface area contributed by atoms with Gasteiger partial charge in [0.05, 0.1) is 0 Å². The van der Waals surface area contributed by atoms with Crippen LogP contribution in [-0.4, -0.2) is 28.9 Å². The van der Waals surface area contributed by atoms with Gasteiger partial charge in [-0.3, -0.25) is 9.59 Å². The van der Waals surface area contributed by atoms with Gasteiger partial charge in [0, 0.05) is 19.0 Å². The highest BCUT2D eigenvalue weighted by Gasteiger charge is 2.18. The smallest absolute Gasteiger partial charge is 0.326 e. The van der Waals surface area contributed by atoms with E-state index in [0.717, 1.165) is 5.56 Å². The lowest BCUT2D eigenvalue weighted by molar-refractivity contribution is -0.139. The number of nitrogens with one attached hydrogen (secondary N) is 2. The van der Waals surface area contributed by atoms with E-state index in [1.165, 1.54) is 6.92 Å². The molecular formula is C14H18N2O4. The number of hydrogen-bond donors (Lipinski definition) is 3. The molecule has 2 amide bonds. The van der Waals surface area contributed by atoms with Crippen LogP contribution in [0.15, 0.2) is 24.3 Å². The number of rotatable bonds is 6. The van der Waals surface area contributed by atoms with Gasteiger partial charge >= 0.3 is 5.97 Å². The Labute approximate surface area is 117 Å². The normalized spacial score (nSPS) is 11.5. The zero-order chi connectivity index (χ0) is 15.1. The lowest BCUT2D eigenvalue weighted by Crippen LogP contribution is -2.40. The molecule has 0 spiro atoms. The van der Waals surface area contributed by atoms with Gasteiger partial charge in [0.25, 0.3) is 5.91 Å². The monoisotopic (exact) mass is 278 g/mol. The van der Waals surface area contributed by atoms with Gasteiger partial charge in [0.1, 0.15) is 6.04 Å². The zero-order valence-corrected chi connectivity index (χ0v) is 11.5. The van der Waals surface area contributed by atoms with E-state index in [2.05, 4.69) is 10.6 Å². The maximum Gasteiger partial charge on any atom is 0.326 e. The SMILES string of the molecule is CCC(NC(=O)c1ccc(CNC(C)=O)cc1)C(=O)O. The summed E-state index contributed by atoms with van der Waals surface area (Å²) in [6.45, 7) is 3.51. The minimum Gasteiger partial charge on any atom is -0.480 e. The van der Waals surface area contributed by atoms with Gasteiger partial charge in [-0.2, -0.15) is 0 Å². The Kier molecular flexibility index (Phi) is 5.71. The van der Waals surface area contributed by atoms with Crippen LogP contribution >= 0.6 is 0 Å². The van der Waals surface area contributed by atoms with Gasteiger partial charge in [-0.05, 0) is 24.1 Å². The highest BCUT2D eigenvalue weighted by molar-refractivity contribution is 5.96. The molecule has 0 saturated heterocycles. The van der Waals surface area contributed by atoms with Crippen LogP contribution < -0.4 is 10.6 Å². The van der Waals surface area contributed by atoms with Crippen molar-refractivity contribution in [3.8, 4) is 0 Å². The van der Waals surface area contributed by atoms with Crippen molar-refractivity contribution in [3.63, 3.8) is 0 Å². The third-order valence-electron chi connectivity index (χ3n) is 2.77. The molecule has 0 bridgehead atoms. The number of aliphatic carboxylic acids is 1. The lowest BCUT2D eigenvalue weighted by Gasteiger charge is -2.12. The van der Waals surface area contributed by atoms with E-state index in [1.807, 2.05) is 0 Å². The van der Waals surface area contributed by atoms with Crippen molar-refractivity contribution in [3.05, 3.63) is 35.4 Å². The highest BCUT2D eigenvalue weighted by Crippen LogP contribution is 2.05. The summed E-state index contributed by atoms with van der Waals surface area (Å²) in [5.41, 5.74) is 1.25. The van der Waals surface area contributed by atoms with Crippen LogP contribution in [0.5, 0.6) is 0 Å². The first-order valence-electron chi connectivity index (χ1n) is 6.31. The molecule has 0 aliphatic carbocycles. The Morgan fingerprint density at radius 1 is 1.20 bits per heavy atom. The standard InChI is InChI=1S/C14H18N2O4/c1-3-12(14(19)20)16-13(18)11-6-4-10(5-7-11)8-15-9(2)17/h4-7,12H,3,8H2,1-2H3,(H,15,17)(H,16,18)(H,19,20). The average molecular weight is 278 g/mol. The molecule has 0 fully saturated rings. The van der Waals surface area contributed by atoms with Crippen molar-refractivity contribution in [2.24, 2.45) is 0 Å². The van der Waals surface area contributed by atoms with Crippen molar-refractivity contribution < 1.29 is 19.5 Å². The molecule has 6 heteroatoms. The van der Waals surface area contributed by atoms with Crippen molar-refractivity contribution in [1.29, 1.82) is 0 Å². The predicted octanol–water partition coefficient (Wildman–Crippen LogP) is 0.916. The molecule has 1 rings (SSSR count). The molecule has 1 atom stereocenters. The first-order valence-corrected chi connectivity index (χ1v) is 6.31. The molecule has 1 unspecified atom stereocenters. The fourth-order valence-electron chi connectivity index (χ4n) is 1.58. The Hall–Kier alpha value is -2.37. The summed E-state index contributed by atoms with van der Waals surface area (Å²) in [6, 6.07) is 5.74. The topological polar surface area (TPSA) is 95.5 Å². The van der Waals surface area contributed by atoms with Gasteiger partial charge in [0.15, 0.2) is 0 Å². The fourth-order valence-corrected chi connectivity index (χ4v) is 1.58. The second-order valence-corrected chi connectivity index (χ2v) is 4.38. The summed E-state index contributed by atoms with van der Waals surface area (Å²) in [4.78, 5) is 33.5. The second kappa shape index (κ2) is 7.28. The van der Waals surface area contributed by atoms with E-state index < -0.39 is 17.9 Å². The maximum atomic E-state index is 11.9. The number of carbonyl (C=O) groups excluding carboxylic acids is 2. The van der Waals surface area contributed by atoms with E-state index in [1.54, 1.807) is 31.2 Å². The molecule has 0 radical (unpaired) electrons. The van der Waals surface area contributed by atoms with Crippen LogP contribution in [0.3, 0.4) is 0 Å². The van der Waals surface area contributed by atoms with E-state index in [4.69, 9.17) is 5.11 Å². The number of carboxylic acids is 1. The van der Waals surface area contributed by atoms with Crippen LogP contribution in [-0.2, 0) is 16.1 Å². The Morgan fingerprint density at radius 3 is 2.25 bits per heavy atom. The maximum absolute atomic E-state index is 11.9. The summed E-state index contributed by atoms with van der Waals surface area (Å²) >= 11 is 0. The minimum absolute atomic E-state index is 0.126. The molecule has 1 aromatic rings. The molecule has 0 heterocycles. The first-order chi connectivity index (χ1) is 9.43. The van der Waals surface area contributed by atoms with Crippen LogP contribution in [0.2, 0.25) is 0 Å². The van der Waals surface area contributed by atoms with Crippen molar-refractivity contribution in [2.75, 3.05) is 0 Å². The average Bonchev–Trinajstić information content (AvgIpc) is 2.42. The number of benzene rings is 1. The molecule has 20 heavy (non-hydrogen) atoms. The van der Waals surface area contributed by atoms with Crippen LogP contribution in [0.4, 0.5) is 0 Å². The number of carbonyl (C=O) groups is 3. The molecule has 6 nitrogen and oxygen atoms in total. The molecule has 108 valence electrons. The molecule has 0 aliphatic heterocycles. The third-order valence-corrected chi connectivity index (χ3v) is 2.77. The molecule has 1 aromatic carbocycles. The Bertz CT molecular complexity index is 496. The number of hydrogen-bond acceptors (Lipinski definition) is 3. The summed E-state index contributed by atoms with van der Waals surface area (Å²) in [5.74, 6) is -1.60. The van der Waals surface area contributed by atoms with Gasteiger partial charge in [0.2, 0.25) is 5.91 Å². The van der Waals surface area contributed by atoms with E-state index >= 15 is 0 Å². The van der Waals surface area contributed by atoms with E-state index in [-0.39, 0.29) is 5.91 Å². The Morgan fingerprint density at radius 2 is 1.80 bits per heavy atom. The third kappa shape index (κ3) is 4.72. The van der Waals surface area contributed by atoms with Crippen molar-refractivity contribution in [2.45, 2.75) is 32.9 Å². The van der Waals surface area contributed by atoms with Gasteiger partial charge in [-0.25, -0.2) is 4.79 Å². The van der Waals surface area contributed by atoms with Crippen LogP contribution in [0.1, 0.15) is 36.2 Å². The van der Waals surface area contributed by atoms with Gasteiger partial charge in [-0.1, -0.05) is 19.1 Å². The van der Waals surface area contributed by atoms with Crippen molar-refractivity contribution in [1.82, 2.24) is 10.6 Å².